The first-order valence-corrected chi connectivity index (χ1v) is 53.9. The van der Waals surface area contributed by atoms with E-state index in [-0.39, 0.29) is 12.8 Å². The summed E-state index contributed by atoms with van der Waals surface area (Å²) in [7, 11) is 0. The molecule has 1 unspecified atom stereocenters. The van der Waals surface area contributed by atoms with E-state index in [9.17, 15) is 0 Å². The van der Waals surface area contributed by atoms with E-state index in [2.05, 4.69) is 537 Å². The third kappa shape index (κ3) is 26.1. The second kappa shape index (κ2) is 55.2. The highest BCUT2D eigenvalue weighted by Gasteiger charge is 2.29. The molecule has 4 aliphatic carbocycles. The molecule has 0 aromatic heterocycles. The van der Waals surface area contributed by atoms with Crippen LogP contribution >= 0.6 is 9.90 Å². The summed E-state index contributed by atoms with van der Waals surface area (Å²) in [4.78, 5) is 33.3. The maximum Gasteiger partial charge on any atom is 0.206 e. The van der Waals surface area contributed by atoms with Crippen molar-refractivity contribution in [3.63, 3.8) is 0 Å². The first-order valence-electron chi connectivity index (χ1n) is 53.9. The number of nitrogens with one attached hydrogen (secondary N) is 4. The van der Waals surface area contributed by atoms with Crippen LogP contribution in [0.15, 0.2) is 340 Å². The lowest BCUT2D eigenvalue weighted by Crippen LogP contribution is -2.72. The third-order valence-corrected chi connectivity index (χ3v) is 28.5. The maximum absolute atomic E-state index is 3.54. The Balaban J connectivity index is 0.000000199. The molecule has 0 saturated carbocycles. The quantitative estimate of drug-likeness (QED) is 0.0289. The van der Waals surface area contributed by atoms with Gasteiger partial charge in [0, 0.05) is 177 Å². The standard InChI is InChI=1S/4C33H39N3.H3P.2H2/c4*1-6-34-32-24-23-31(29-13-11-12-14-30(29)32)33(25-15-19-27(20-16-25)35(7-2)8-3)26-17-21-28(22-18-26)36(9-4)10-5;;;/h4*11-24H,6-10H2,1-5H3;1H3;2*1H/p+4. The summed E-state index contributed by atoms with van der Waals surface area (Å²) >= 11 is 0. The number of nitrogens with zero attached hydrogens (tertiary/aromatic N) is 8. The Hall–Kier alpha value is -13.9. The predicted molar refractivity (Wildman–Crippen MR) is 644 cm³/mol. The minimum Gasteiger partial charge on any atom is -0.372 e. The van der Waals surface area contributed by atoms with Crippen molar-refractivity contribution < 1.29 is 22.8 Å². The van der Waals surface area contributed by atoms with Gasteiger partial charge in [0.1, 0.15) is 26.2 Å². The van der Waals surface area contributed by atoms with Crippen molar-refractivity contribution in [2.45, 2.75) is 138 Å². The van der Waals surface area contributed by atoms with Gasteiger partial charge in [-0.15, -0.1) is 0 Å². The summed E-state index contributed by atoms with van der Waals surface area (Å²) in [6.07, 6.45) is 18.1. The molecule has 12 aromatic carbocycles. The van der Waals surface area contributed by atoms with E-state index in [1.54, 1.807) is 0 Å². The van der Waals surface area contributed by atoms with Gasteiger partial charge >= 0.3 is 0 Å². The van der Waals surface area contributed by atoms with Gasteiger partial charge in [-0.05, 0) is 395 Å². The van der Waals surface area contributed by atoms with Crippen LogP contribution in [0.1, 0.15) is 230 Å². The van der Waals surface area contributed by atoms with Crippen molar-refractivity contribution in [3.05, 3.63) is 429 Å². The number of allylic oxidation sites excluding steroid dienone is 12. The van der Waals surface area contributed by atoms with Crippen LogP contribution < -0.4 is 59.2 Å². The summed E-state index contributed by atoms with van der Waals surface area (Å²) < 4.78 is 0. The van der Waals surface area contributed by atoms with E-state index < -0.39 is 0 Å². The van der Waals surface area contributed by atoms with Gasteiger partial charge in [-0.1, -0.05) is 170 Å². The van der Waals surface area contributed by atoms with Gasteiger partial charge in [-0.3, -0.25) is 0 Å². The molecular formula is C132H167N12P+4. The van der Waals surface area contributed by atoms with Crippen molar-refractivity contribution in [2.24, 2.45) is 0 Å². The van der Waals surface area contributed by atoms with Crippen molar-refractivity contribution in [3.8, 4) is 0 Å². The molecule has 0 radical (unpaired) electrons. The SMILES string of the molecule is CC[NH+]=C1C=CC(=C(c2ccc(N(CC)CC)cc2)c2ccc(N(CC)CC)cc2)c2ccccc21.CC[NH+]=C1C=CC(=C(c2ccc(N(CC)CC)cc2)c2ccc(N(CC)CC)cc2)c2ccccc21.CC[NH+]=C1C=CC(=C(c2ccc(N(CC)CC)cc2)c2ccc(N(CC)CC)cc2)c2ccccc21.CC[NH+]=C1C=CC(=C(c2ccc(N(CC)CC)cc2)c2ccc(N(CC)CC)cc2)c2ccccc21.P.[HH].[HH]. The Morgan fingerprint density at radius 2 is 0.276 bits per heavy atom. The number of rotatable bonds is 36. The Kier molecular flexibility index (Phi) is 41.8. The summed E-state index contributed by atoms with van der Waals surface area (Å²) in [5.41, 5.74) is 45.1. The summed E-state index contributed by atoms with van der Waals surface area (Å²) in [5, 5.41) is 0. The van der Waals surface area contributed by atoms with Gasteiger partial charge < -0.3 is 39.2 Å². The number of hydrogen-bond donors (Lipinski definition) is 4. The fourth-order valence-corrected chi connectivity index (χ4v) is 20.8. The monoisotopic (exact) mass is 1950 g/mol. The van der Waals surface area contributed by atoms with Crippen molar-refractivity contribution >= 4 is 123 Å². The van der Waals surface area contributed by atoms with Gasteiger partial charge in [0.05, 0.1) is 22.3 Å². The fraction of sp³-hybridized carbons (Fsp3) is 0.303. The van der Waals surface area contributed by atoms with Gasteiger partial charge in [0.2, 0.25) is 22.8 Å². The Bertz CT molecular complexity index is 5550. The Labute approximate surface area is 877 Å². The van der Waals surface area contributed by atoms with Crippen molar-refractivity contribution in [1.29, 1.82) is 0 Å². The highest BCUT2D eigenvalue weighted by molar-refractivity contribution is 6.92. The second-order valence-corrected chi connectivity index (χ2v) is 36.2. The second-order valence-electron chi connectivity index (χ2n) is 36.2. The topological polar surface area (TPSA) is 81.8 Å². The molecule has 0 spiro atoms. The maximum atomic E-state index is 3.54. The molecule has 1 atom stereocenters. The zero-order valence-corrected chi connectivity index (χ0v) is 92.2. The van der Waals surface area contributed by atoms with E-state index in [1.165, 1.54) is 202 Å². The van der Waals surface area contributed by atoms with Crippen LogP contribution in [0.2, 0.25) is 0 Å². The lowest BCUT2D eigenvalue weighted by molar-refractivity contribution is -0.451. The molecular weight excluding hydrogens is 1780 g/mol. The molecule has 0 amide bonds. The molecule has 4 N–H and O–H groups in total. The van der Waals surface area contributed by atoms with Crippen molar-refractivity contribution in [2.75, 3.05) is 170 Å². The lowest BCUT2D eigenvalue weighted by atomic mass is 9.83. The Morgan fingerprint density at radius 1 is 0.159 bits per heavy atom. The molecule has 13 heteroatoms. The normalized spacial score (nSPS) is 13.5. The molecule has 0 aliphatic heterocycles. The van der Waals surface area contributed by atoms with E-state index in [4.69, 9.17) is 0 Å². The fourth-order valence-electron chi connectivity index (χ4n) is 20.8. The van der Waals surface area contributed by atoms with Crippen molar-refractivity contribution in [1.82, 2.24) is 0 Å². The number of anilines is 8. The minimum absolute atomic E-state index is 0. The smallest absolute Gasteiger partial charge is 0.206 e. The van der Waals surface area contributed by atoms with Crippen LogP contribution in [0.4, 0.5) is 45.5 Å². The summed E-state index contributed by atoms with van der Waals surface area (Å²) in [6, 6.07) is 108. The average molecular weight is 1950 g/mol. The molecule has 16 rings (SSSR count). The number of fused-ring (bicyclic) bond motifs is 4. The molecule has 12 nitrogen and oxygen atoms in total. The molecule has 0 saturated heterocycles. The van der Waals surface area contributed by atoms with Gasteiger partial charge in [0.15, 0.2) is 0 Å². The summed E-state index contributed by atoms with van der Waals surface area (Å²) in [6.45, 7) is 63.8. The number of hydrogen-bond acceptors (Lipinski definition) is 8. The van der Waals surface area contributed by atoms with Gasteiger partial charge in [0.25, 0.3) is 0 Å². The first kappa shape index (κ1) is 110. The van der Waals surface area contributed by atoms with E-state index in [0.717, 1.165) is 131 Å². The molecule has 0 fully saturated rings. The highest BCUT2D eigenvalue weighted by Crippen LogP contribution is 2.44. The van der Waals surface area contributed by atoms with Crippen LogP contribution in [0.3, 0.4) is 0 Å². The molecule has 145 heavy (non-hydrogen) atoms. The van der Waals surface area contributed by atoms with Crippen LogP contribution in [0.5, 0.6) is 0 Å². The molecule has 0 heterocycles. The van der Waals surface area contributed by atoms with Crippen LogP contribution in [0, 0.1) is 0 Å². The Morgan fingerprint density at radius 3 is 0.386 bits per heavy atom. The molecule has 12 aromatic rings. The van der Waals surface area contributed by atoms with E-state index >= 15 is 0 Å². The highest BCUT2D eigenvalue weighted by atomic mass is 31.0. The average Bonchev–Trinajstić information content (AvgIpc) is 0.778. The van der Waals surface area contributed by atoms with Gasteiger partial charge in [-0.25, -0.2) is 20.0 Å². The van der Waals surface area contributed by atoms with E-state index in [1.807, 2.05) is 0 Å². The first-order chi connectivity index (χ1) is 70.6. The van der Waals surface area contributed by atoms with Crippen LogP contribution in [-0.4, -0.2) is 154 Å². The van der Waals surface area contributed by atoms with Gasteiger partial charge in [-0.2, -0.15) is 9.90 Å². The molecule has 0 bridgehead atoms. The third-order valence-electron chi connectivity index (χ3n) is 28.5. The summed E-state index contributed by atoms with van der Waals surface area (Å²) in [5.74, 6) is 0. The largest absolute Gasteiger partial charge is 0.372 e. The van der Waals surface area contributed by atoms with Crippen LogP contribution in [0.25, 0.3) is 44.6 Å². The van der Waals surface area contributed by atoms with E-state index in [0.29, 0.717) is 0 Å². The predicted octanol–water partition coefficient (Wildman–Crippen LogP) is 23.7. The molecule has 4 aliphatic rings. The number of benzene rings is 12. The molecule has 756 valence electrons. The van der Waals surface area contributed by atoms with Crippen LogP contribution in [-0.2, 0) is 0 Å². The minimum atomic E-state index is 0. The zero-order chi connectivity index (χ0) is 102. The zero-order valence-electron chi connectivity index (χ0n) is 90.8. The lowest BCUT2D eigenvalue weighted by Gasteiger charge is -2.24.